The van der Waals surface area contributed by atoms with Crippen LogP contribution >= 0.6 is 15.9 Å². The van der Waals surface area contributed by atoms with E-state index >= 15 is 0 Å². The lowest BCUT2D eigenvalue weighted by Crippen LogP contribution is -2.31. The minimum Gasteiger partial charge on any atom is -0.439 e. The summed E-state index contributed by atoms with van der Waals surface area (Å²) in [4.78, 5) is 13.1. The molecule has 3 aromatic rings. The average Bonchev–Trinajstić information content (AvgIpc) is 2.66. The molecule has 5 nitrogen and oxygen atoms in total. The van der Waals surface area contributed by atoms with Crippen LogP contribution in [0.3, 0.4) is 0 Å². The van der Waals surface area contributed by atoms with Crippen molar-refractivity contribution in [2.24, 2.45) is 12.8 Å². The number of fused-ring (bicyclic) bond motifs is 3. The number of halogens is 1. The van der Waals surface area contributed by atoms with Gasteiger partial charge in [0.25, 0.3) is 5.56 Å². The van der Waals surface area contributed by atoms with Gasteiger partial charge in [-0.3, -0.25) is 4.79 Å². The lowest BCUT2D eigenvalue weighted by molar-refractivity contribution is 0.396. The fraction of sp³-hybridized carbons (Fsp3) is 0.100. The molecule has 4 rings (SSSR count). The smallest absolute Gasteiger partial charge is 0.258 e. The van der Waals surface area contributed by atoms with Gasteiger partial charge in [0, 0.05) is 16.9 Å². The summed E-state index contributed by atoms with van der Waals surface area (Å²) in [6.07, 6.45) is 0. The van der Waals surface area contributed by atoms with Gasteiger partial charge in [-0.15, -0.1) is 0 Å². The summed E-state index contributed by atoms with van der Waals surface area (Å²) >= 11 is 3.41. The molecule has 1 aliphatic rings. The lowest BCUT2D eigenvalue weighted by Gasteiger charge is -2.27. The first-order valence-corrected chi connectivity index (χ1v) is 8.77. The molecule has 1 aromatic heterocycles. The molecule has 0 unspecified atom stereocenters. The van der Waals surface area contributed by atoms with Crippen molar-refractivity contribution >= 4 is 26.8 Å². The van der Waals surface area contributed by atoms with Gasteiger partial charge in [-0.05, 0) is 29.8 Å². The zero-order chi connectivity index (χ0) is 18.4. The molecule has 128 valence electrons. The number of nitriles is 1. The van der Waals surface area contributed by atoms with Crippen LogP contribution in [0.2, 0.25) is 0 Å². The lowest BCUT2D eigenvalue weighted by atomic mass is 9.83. The van der Waals surface area contributed by atoms with E-state index in [0.29, 0.717) is 11.3 Å². The number of aromatic nitrogens is 1. The fourth-order valence-electron chi connectivity index (χ4n) is 3.41. The van der Waals surface area contributed by atoms with E-state index in [1.807, 2.05) is 48.5 Å². The highest BCUT2D eigenvalue weighted by Gasteiger charge is 2.35. The van der Waals surface area contributed by atoms with E-state index in [9.17, 15) is 10.1 Å². The molecule has 2 heterocycles. The number of hydrogen-bond acceptors (Lipinski definition) is 4. The Morgan fingerprint density at radius 2 is 1.88 bits per heavy atom. The van der Waals surface area contributed by atoms with Crippen LogP contribution in [0, 0.1) is 11.3 Å². The second kappa shape index (κ2) is 6.04. The van der Waals surface area contributed by atoms with Crippen molar-refractivity contribution in [2.75, 3.05) is 0 Å². The number of nitrogens with two attached hydrogens (primary N) is 1. The maximum atomic E-state index is 13.1. The third kappa shape index (κ3) is 2.32. The Hall–Kier alpha value is -3.04. The number of hydrogen-bond donors (Lipinski definition) is 1. The van der Waals surface area contributed by atoms with Gasteiger partial charge in [0.2, 0.25) is 5.88 Å². The van der Waals surface area contributed by atoms with Crippen molar-refractivity contribution in [3.63, 3.8) is 0 Å². The molecular weight excluding hydrogens is 394 g/mol. The maximum absolute atomic E-state index is 13.1. The van der Waals surface area contributed by atoms with E-state index in [4.69, 9.17) is 10.5 Å². The van der Waals surface area contributed by atoms with Crippen molar-refractivity contribution in [1.29, 1.82) is 5.26 Å². The third-order valence-corrected chi connectivity index (χ3v) is 5.20. The molecule has 0 fully saturated rings. The minimum atomic E-state index is -0.569. The first kappa shape index (κ1) is 16.4. The Morgan fingerprint density at radius 1 is 1.19 bits per heavy atom. The second-order valence-electron chi connectivity index (χ2n) is 6.10. The molecule has 0 saturated heterocycles. The Balaban J connectivity index is 2.12. The van der Waals surface area contributed by atoms with Crippen molar-refractivity contribution < 1.29 is 4.74 Å². The summed E-state index contributed by atoms with van der Waals surface area (Å²) in [5, 5.41) is 10.4. The number of aryl methyl sites for hydroxylation is 1. The molecule has 1 aliphatic heterocycles. The van der Waals surface area contributed by atoms with Crippen LogP contribution in [0.5, 0.6) is 5.75 Å². The number of nitrogens with zero attached hydrogens (tertiary/aromatic N) is 2. The first-order chi connectivity index (χ1) is 12.5. The Labute approximate surface area is 158 Å². The number of benzene rings is 2. The first-order valence-electron chi connectivity index (χ1n) is 7.97. The van der Waals surface area contributed by atoms with E-state index < -0.39 is 5.92 Å². The number of rotatable bonds is 1. The number of para-hydroxylation sites is 1. The topological polar surface area (TPSA) is 81.0 Å². The monoisotopic (exact) mass is 407 g/mol. The molecule has 0 amide bonds. The zero-order valence-electron chi connectivity index (χ0n) is 13.9. The molecule has 1 atom stereocenters. The Morgan fingerprint density at radius 3 is 2.58 bits per heavy atom. The van der Waals surface area contributed by atoms with E-state index in [1.54, 1.807) is 11.6 Å². The standard InChI is InChI=1S/C20H14BrN3O2/c1-24-15-5-3-2-4-13(15)18-17(20(24)25)16(14(10-22)19(23)26-18)11-6-8-12(21)9-7-11/h2-9,16H,23H2,1H3/t16-/m0/s1. The van der Waals surface area contributed by atoms with Crippen molar-refractivity contribution in [3.8, 4) is 11.8 Å². The third-order valence-electron chi connectivity index (χ3n) is 4.67. The molecule has 2 aromatic carbocycles. The quantitative estimate of drug-likeness (QED) is 0.668. The SMILES string of the molecule is Cn1c(=O)c2c(c3ccccc31)OC(N)=C(C#N)[C@@H]2c1ccc(Br)cc1. The van der Waals surface area contributed by atoms with Crippen LogP contribution in [0.25, 0.3) is 10.9 Å². The van der Waals surface area contributed by atoms with E-state index in [1.165, 1.54) is 0 Å². The van der Waals surface area contributed by atoms with Gasteiger partial charge in [-0.25, -0.2) is 0 Å². The number of allylic oxidation sites excluding steroid dienone is 1. The van der Waals surface area contributed by atoms with Gasteiger partial charge in [0.1, 0.15) is 17.4 Å². The van der Waals surface area contributed by atoms with Crippen molar-refractivity contribution in [3.05, 3.63) is 85.9 Å². The fourth-order valence-corrected chi connectivity index (χ4v) is 3.68. The summed E-state index contributed by atoms with van der Waals surface area (Å²) in [7, 11) is 1.72. The van der Waals surface area contributed by atoms with Gasteiger partial charge >= 0.3 is 0 Å². The summed E-state index contributed by atoms with van der Waals surface area (Å²) in [5.74, 6) is -0.111. The van der Waals surface area contributed by atoms with Gasteiger partial charge < -0.3 is 15.0 Å². The molecule has 0 bridgehead atoms. The molecule has 0 radical (unpaired) electrons. The summed E-state index contributed by atoms with van der Waals surface area (Å²) in [5.41, 5.74) is 8.09. The predicted octanol–water partition coefficient (Wildman–Crippen LogP) is 3.52. The summed E-state index contributed by atoms with van der Waals surface area (Å²) in [6, 6.07) is 17.1. The molecule has 0 aliphatic carbocycles. The van der Waals surface area contributed by atoms with E-state index in [0.717, 1.165) is 20.9 Å². The number of ether oxygens (including phenoxy) is 1. The predicted molar refractivity (Wildman–Crippen MR) is 103 cm³/mol. The van der Waals surface area contributed by atoms with Crippen molar-refractivity contribution in [2.45, 2.75) is 5.92 Å². The van der Waals surface area contributed by atoms with Gasteiger partial charge in [0.05, 0.1) is 17.0 Å². The highest BCUT2D eigenvalue weighted by molar-refractivity contribution is 9.10. The molecule has 2 N–H and O–H groups in total. The number of pyridine rings is 1. The van der Waals surface area contributed by atoms with Crippen LogP contribution in [0.4, 0.5) is 0 Å². The maximum Gasteiger partial charge on any atom is 0.258 e. The molecule has 0 spiro atoms. The largest absolute Gasteiger partial charge is 0.439 e. The van der Waals surface area contributed by atoms with Crippen LogP contribution in [0.1, 0.15) is 17.0 Å². The Bertz CT molecular complexity index is 1170. The van der Waals surface area contributed by atoms with Crippen LogP contribution in [-0.2, 0) is 7.05 Å². The van der Waals surface area contributed by atoms with Crippen molar-refractivity contribution in [1.82, 2.24) is 4.57 Å². The van der Waals surface area contributed by atoms with Gasteiger partial charge in [-0.1, -0.05) is 40.2 Å². The highest BCUT2D eigenvalue weighted by atomic mass is 79.9. The molecular formula is C20H14BrN3O2. The summed E-state index contributed by atoms with van der Waals surface area (Å²) in [6.45, 7) is 0. The summed E-state index contributed by atoms with van der Waals surface area (Å²) < 4.78 is 8.27. The average molecular weight is 408 g/mol. The molecule has 26 heavy (non-hydrogen) atoms. The zero-order valence-corrected chi connectivity index (χ0v) is 15.4. The van der Waals surface area contributed by atoms with Gasteiger partial charge in [0.15, 0.2) is 0 Å². The molecule has 6 heteroatoms. The van der Waals surface area contributed by atoms with Crippen LogP contribution < -0.4 is 16.0 Å². The minimum absolute atomic E-state index is 0.0336. The van der Waals surface area contributed by atoms with Gasteiger partial charge in [-0.2, -0.15) is 5.26 Å². The van der Waals surface area contributed by atoms with Crippen LogP contribution in [-0.4, -0.2) is 4.57 Å². The normalized spacial score (nSPS) is 16.1. The highest BCUT2D eigenvalue weighted by Crippen LogP contribution is 2.43. The van der Waals surface area contributed by atoms with Crippen LogP contribution in [0.15, 0.2) is 69.3 Å². The molecule has 0 saturated carbocycles. The van der Waals surface area contributed by atoms with E-state index in [2.05, 4.69) is 22.0 Å². The second-order valence-corrected chi connectivity index (χ2v) is 7.02. The Kier molecular flexibility index (Phi) is 3.82. The van der Waals surface area contributed by atoms with E-state index in [-0.39, 0.29) is 17.0 Å².